The molecule has 0 fully saturated rings. The van der Waals surface area contributed by atoms with Gasteiger partial charge in [0.15, 0.2) is 5.84 Å². The van der Waals surface area contributed by atoms with Crippen LogP contribution in [0.15, 0.2) is 20.0 Å². The number of hydrogen-bond donors (Lipinski definition) is 2. The molecule has 1 amide bonds. The van der Waals surface area contributed by atoms with Gasteiger partial charge in [0.25, 0.3) is 5.91 Å². The van der Waals surface area contributed by atoms with Gasteiger partial charge in [-0.15, -0.1) is 0 Å². The highest BCUT2D eigenvalue weighted by Crippen LogP contribution is 2.04. The minimum atomic E-state index is -0.742. The van der Waals surface area contributed by atoms with Gasteiger partial charge in [-0.2, -0.15) is 4.99 Å². The lowest BCUT2D eigenvalue weighted by atomic mass is 10.2. The molecule has 0 spiro atoms. The number of aliphatic imine (C=N–C) groups is 4. The highest BCUT2D eigenvalue weighted by Gasteiger charge is 2.24. The summed E-state index contributed by atoms with van der Waals surface area (Å²) in [5, 5.41) is 0. The zero-order chi connectivity index (χ0) is 9.42. The number of guanidine groups is 1. The van der Waals surface area contributed by atoms with Gasteiger partial charge in [0.05, 0.1) is 6.21 Å². The average molecular weight is 178 g/mol. The number of amides is 1. The molecule has 0 radical (unpaired) electrons. The van der Waals surface area contributed by atoms with Crippen LogP contribution < -0.4 is 11.5 Å². The second-order valence-corrected chi connectivity index (χ2v) is 2.46. The van der Waals surface area contributed by atoms with Crippen molar-refractivity contribution in [3.8, 4) is 0 Å². The minimum Gasteiger partial charge on any atom is -0.368 e. The Morgan fingerprint density at radius 1 is 1.38 bits per heavy atom. The van der Waals surface area contributed by atoms with E-state index in [1.165, 1.54) is 0 Å². The summed E-state index contributed by atoms with van der Waals surface area (Å²) in [6.07, 6.45) is 0.321. The lowest BCUT2D eigenvalue weighted by molar-refractivity contribution is -0.111. The van der Waals surface area contributed by atoms with E-state index in [4.69, 9.17) is 11.5 Å². The molecular weight excluding hydrogens is 172 g/mol. The zero-order valence-corrected chi connectivity index (χ0v) is 6.51. The third-order valence-corrected chi connectivity index (χ3v) is 1.53. The molecule has 1 atom stereocenters. The minimum absolute atomic E-state index is 0.0490. The molecule has 2 rings (SSSR count). The van der Waals surface area contributed by atoms with E-state index in [1.54, 1.807) is 0 Å². The van der Waals surface area contributed by atoms with Crippen LogP contribution in [0.1, 0.15) is 0 Å². The van der Waals surface area contributed by atoms with Crippen molar-refractivity contribution in [2.45, 2.75) is 6.17 Å². The topological polar surface area (TPSA) is 119 Å². The second-order valence-electron chi connectivity index (χ2n) is 2.46. The largest absolute Gasteiger partial charge is 0.368 e. The first kappa shape index (κ1) is 7.74. The molecule has 1 unspecified atom stereocenters. The SMILES string of the molecule is NC1=NC(N)C2=NC(=O)C=NC2=N1. The molecule has 0 aromatic heterocycles. The number of hydrogen-bond acceptors (Lipinski definition) is 6. The fraction of sp³-hybridized carbons (Fsp3) is 0.167. The Balaban J connectivity index is 2.48. The number of fused-ring (bicyclic) bond motifs is 1. The molecule has 0 bridgehead atoms. The van der Waals surface area contributed by atoms with Crippen LogP contribution in [0.4, 0.5) is 0 Å². The van der Waals surface area contributed by atoms with Crippen LogP contribution in [0, 0.1) is 0 Å². The number of carbonyl (C=O) groups excluding carboxylic acids is 1. The summed E-state index contributed by atoms with van der Waals surface area (Å²) >= 11 is 0. The first-order chi connectivity index (χ1) is 6.16. The Labute approximate surface area is 73.0 Å². The summed E-state index contributed by atoms with van der Waals surface area (Å²) in [6.45, 7) is 0. The van der Waals surface area contributed by atoms with Crippen molar-refractivity contribution >= 4 is 29.6 Å². The zero-order valence-electron chi connectivity index (χ0n) is 6.51. The van der Waals surface area contributed by atoms with Crippen molar-refractivity contribution in [2.75, 3.05) is 0 Å². The van der Waals surface area contributed by atoms with Gasteiger partial charge < -0.3 is 11.5 Å². The van der Waals surface area contributed by atoms with E-state index < -0.39 is 12.1 Å². The molecule has 0 aromatic rings. The van der Waals surface area contributed by atoms with E-state index in [2.05, 4.69) is 20.0 Å². The number of nitrogens with two attached hydrogens (primary N) is 2. The first-order valence-electron chi connectivity index (χ1n) is 3.51. The standard InChI is InChI=1S/C6H6N6O/c7-4-3-5(12-6(8)11-4)9-1-2(13)10-3/h1,4H,7H2,(H2,8,11). The van der Waals surface area contributed by atoms with Gasteiger partial charge in [0, 0.05) is 0 Å². The van der Waals surface area contributed by atoms with Gasteiger partial charge in [0.2, 0.25) is 5.96 Å². The Morgan fingerprint density at radius 2 is 2.15 bits per heavy atom. The third-order valence-electron chi connectivity index (χ3n) is 1.53. The van der Waals surface area contributed by atoms with Gasteiger partial charge in [-0.1, -0.05) is 0 Å². The molecular formula is C6H6N6O. The molecule has 0 aromatic carbocycles. The molecule has 0 saturated carbocycles. The summed E-state index contributed by atoms with van der Waals surface area (Å²) in [4.78, 5) is 25.7. The Bertz CT molecular complexity index is 390. The molecule has 4 N–H and O–H groups in total. The maximum atomic E-state index is 10.8. The fourth-order valence-corrected chi connectivity index (χ4v) is 1.01. The Kier molecular flexibility index (Phi) is 1.52. The van der Waals surface area contributed by atoms with Crippen molar-refractivity contribution in [3.63, 3.8) is 0 Å². The van der Waals surface area contributed by atoms with Crippen molar-refractivity contribution in [1.29, 1.82) is 0 Å². The monoisotopic (exact) mass is 178 g/mol. The fourth-order valence-electron chi connectivity index (χ4n) is 1.01. The van der Waals surface area contributed by atoms with Crippen LogP contribution in [-0.2, 0) is 4.79 Å². The lowest BCUT2D eigenvalue weighted by Crippen LogP contribution is -2.41. The quantitative estimate of drug-likeness (QED) is 0.448. The van der Waals surface area contributed by atoms with Crippen LogP contribution in [0.25, 0.3) is 0 Å². The molecule has 7 heteroatoms. The molecule has 2 heterocycles. The molecule has 2 aliphatic rings. The highest BCUT2D eigenvalue weighted by molar-refractivity contribution is 6.53. The van der Waals surface area contributed by atoms with Gasteiger partial charge in [-0.05, 0) is 0 Å². The van der Waals surface area contributed by atoms with Crippen molar-refractivity contribution in [1.82, 2.24) is 0 Å². The van der Waals surface area contributed by atoms with Gasteiger partial charge in [-0.25, -0.2) is 15.0 Å². The summed E-state index contributed by atoms with van der Waals surface area (Å²) in [5.41, 5.74) is 11.1. The maximum absolute atomic E-state index is 10.8. The van der Waals surface area contributed by atoms with Gasteiger partial charge in [0.1, 0.15) is 11.9 Å². The number of amidine groups is 1. The van der Waals surface area contributed by atoms with Crippen LogP contribution in [-0.4, -0.2) is 35.8 Å². The average Bonchev–Trinajstić information content (AvgIpc) is 2.06. The number of nitrogens with zero attached hydrogens (tertiary/aromatic N) is 4. The van der Waals surface area contributed by atoms with Gasteiger partial charge in [-0.3, -0.25) is 4.79 Å². The molecule has 2 aliphatic heterocycles. The molecule has 0 aliphatic carbocycles. The predicted octanol–water partition coefficient (Wildman–Crippen LogP) is -1.95. The van der Waals surface area contributed by atoms with Crippen LogP contribution in [0.2, 0.25) is 0 Å². The van der Waals surface area contributed by atoms with Crippen molar-refractivity contribution in [2.24, 2.45) is 31.4 Å². The van der Waals surface area contributed by atoms with Crippen molar-refractivity contribution in [3.05, 3.63) is 0 Å². The van der Waals surface area contributed by atoms with Crippen molar-refractivity contribution < 1.29 is 4.79 Å². The van der Waals surface area contributed by atoms with E-state index in [-0.39, 0.29) is 17.5 Å². The molecule has 66 valence electrons. The van der Waals surface area contributed by atoms with E-state index in [0.717, 1.165) is 6.21 Å². The Morgan fingerprint density at radius 3 is 2.92 bits per heavy atom. The van der Waals surface area contributed by atoms with Crippen LogP contribution in [0.3, 0.4) is 0 Å². The second kappa shape index (κ2) is 2.56. The number of rotatable bonds is 0. The van der Waals surface area contributed by atoms with Crippen LogP contribution >= 0.6 is 0 Å². The van der Waals surface area contributed by atoms with Gasteiger partial charge >= 0.3 is 0 Å². The maximum Gasteiger partial charge on any atom is 0.288 e. The first-order valence-corrected chi connectivity index (χ1v) is 3.51. The van der Waals surface area contributed by atoms with E-state index in [1.807, 2.05) is 0 Å². The van der Waals surface area contributed by atoms with Crippen LogP contribution in [0.5, 0.6) is 0 Å². The third kappa shape index (κ3) is 1.25. The summed E-state index contributed by atoms with van der Waals surface area (Å²) < 4.78 is 0. The van der Waals surface area contributed by atoms with E-state index >= 15 is 0 Å². The molecule has 0 saturated heterocycles. The molecule has 13 heavy (non-hydrogen) atoms. The normalized spacial score (nSPS) is 26.1. The smallest absolute Gasteiger partial charge is 0.288 e. The highest BCUT2D eigenvalue weighted by atomic mass is 16.1. The molecule has 7 nitrogen and oxygen atoms in total. The lowest BCUT2D eigenvalue weighted by Gasteiger charge is -2.16. The van der Waals surface area contributed by atoms with E-state index in [9.17, 15) is 4.79 Å². The predicted molar refractivity (Wildman–Crippen MR) is 48.0 cm³/mol. The van der Waals surface area contributed by atoms with E-state index in [0.29, 0.717) is 0 Å². The number of carbonyl (C=O) groups is 1. The summed E-state index contributed by atoms with van der Waals surface area (Å²) in [5.74, 6) is -0.146. The summed E-state index contributed by atoms with van der Waals surface area (Å²) in [7, 11) is 0. The summed E-state index contributed by atoms with van der Waals surface area (Å²) in [6, 6.07) is 0. The Hall–Kier alpha value is -1.89.